The quantitative estimate of drug-likeness (QED) is 0.269. The number of imidazole rings is 1. The maximum Gasteiger partial charge on any atom is 0.138 e. The Labute approximate surface area is 192 Å². The second-order valence-electron chi connectivity index (χ2n) is 8.88. The number of benzene rings is 4. The van der Waals surface area contributed by atoms with E-state index in [1.807, 2.05) is 18.2 Å². The van der Waals surface area contributed by atoms with Crippen LogP contribution in [0.2, 0.25) is 0 Å². The number of hydrogen-bond acceptors (Lipinski definition) is 2. The summed E-state index contributed by atoms with van der Waals surface area (Å²) in [5.74, 6) is 0. The van der Waals surface area contributed by atoms with E-state index in [0.717, 1.165) is 38.6 Å². The number of aromatic nitrogens is 2. The molecule has 2 heterocycles. The van der Waals surface area contributed by atoms with E-state index in [4.69, 9.17) is 4.98 Å². The first-order valence-corrected chi connectivity index (χ1v) is 13.6. The zero-order valence-corrected chi connectivity index (χ0v) is 19.5. The Balaban J connectivity index is 1.37. The van der Waals surface area contributed by atoms with Crippen molar-refractivity contribution in [3.63, 3.8) is 0 Å². The van der Waals surface area contributed by atoms with Crippen LogP contribution in [0.15, 0.2) is 103 Å². The van der Waals surface area contributed by atoms with Crippen LogP contribution in [0.3, 0.4) is 0 Å². The van der Waals surface area contributed by atoms with Gasteiger partial charge in [0.2, 0.25) is 0 Å². The van der Waals surface area contributed by atoms with E-state index in [1.165, 1.54) is 16.5 Å². The van der Waals surface area contributed by atoms with Gasteiger partial charge in [0.1, 0.15) is 12.8 Å². The Morgan fingerprint density at radius 3 is 1.94 bits per heavy atom. The largest absolute Gasteiger partial charge is 0.319 e. The molecule has 33 heavy (non-hydrogen) atoms. The van der Waals surface area contributed by atoms with Gasteiger partial charge in [0.25, 0.3) is 0 Å². The van der Waals surface area contributed by atoms with E-state index in [9.17, 15) is 4.57 Å². The topological polar surface area (TPSA) is 34.4 Å². The minimum Gasteiger partial charge on any atom is -0.319 e. The van der Waals surface area contributed by atoms with E-state index >= 15 is 0 Å². The van der Waals surface area contributed by atoms with Crippen molar-refractivity contribution in [2.45, 2.75) is 0 Å². The van der Waals surface area contributed by atoms with Crippen molar-refractivity contribution in [3.8, 4) is 22.3 Å². The molecule has 0 N–H and O–H groups in total. The zero-order chi connectivity index (χ0) is 22.6. The monoisotopic (exact) mass is 446 g/mol. The molecule has 0 aliphatic heterocycles. The van der Waals surface area contributed by atoms with Crippen LogP contribution in [0.5, 0.6) is 0 Å². The van der Waals surface area contributed by atoms with Gasteiger partial charge >= 0.3 is 0 Å². The van der Waals surface area contributed by atoms with Gasteiger partial charge in [-0.15, -0.1) is 0 Å². The highest BCUT2D eigenvalue weighted by molar-refractivity contribution is 7.70. The van der Waals surface area contributed by atoms with Crippen molar-refractivity contribution in [1.29, 1.82) is 0 Å². The van der Waals surface area contributed by atoms with E-state index < -0.39 is 7.14 Å². The first-order chi connectivity index (χ1) is 16.0. The van der Waals surface area contributed by atoms with Crippen LogP contribution in [0.4, 0.5) is 0 Å². The number of rotatable bonds is 3. The maximum absolute atomic E-state index is 12.3. The molecule has 0 amide bonds. The second-order valence-corrected chi connectivity index (χ2v) is 12.1. The van der Waals surface area contributed by atoms with Crippen molar-refractivity contribution < 1.29 is 4.57 Å². The minimum absolute atomic E-state index is 0.916. The fourth-order valence-corrected chi connectivity index (χ4v) is 5.38. The Bertz CT molecular complexity index is 1690. The molecule has 6 rings (SSSR count). The molecule has 6 aromatic rings. The van der Waals surface area contributed by atoms with Crippen molar-refractivity contribution in [2.24, 2.45) is 0 Å². The Kier molecular flexibility index (Phi) is 4.50. The van der Waals surface area contributed by atoms with Crippen molar-refractivity contribution in [2.75, 3.05) is 13.3 Å². The zero-order valence-electron chi connectivity index (χ0n) is 18.6. The van der Waals surface area contributed by atoms with E-state index in [2.05, 4.69) is 89.3 Å². The molecule has 0 atom stereocenters. The number of fused-ring (bicyclic) bond motifs is 5. The van der Waals surface area contributed by atoms with Gasteiger partial charge in [-0.25, -0.2) is 4.98 Å². The van der Waals surface area contributed by atoms with Crippen LogP contribution in [-0.2, 0) is 4.57 Å². The summed E-state index contributed by atoms with van der Waals surface area (Å²) in [6, 6.07) is 35.8. The number of para-hydroxylation sites is 2. The van der Waals surface area contributed by atoms with Crippen LogP contribution in [0.25, 0.3) is 49.8 Å². The van der Waals surface area contributed by atoms with E-state index in [1.54, 1.807) is 13.3 Å². The SMILES string of the molecule is CP(C)(=O)c1ccc(-c2ccc(-c3ccc4c(ccc5nc6ccccc6n54)c3)cc2)cc1. The molecule has 0 radical (unpaired) electrons. The summed E-state index contributed by atoms with van der Waals surface area (Å²) in [7, 11) is -2.23. The van der Waals surface area contributed by atoms with Gasteiger partial charge in [-0.1, -0.05) is 66.7 Å². The molecule has 0 aliphatic rings. The fraction of sp³-hybridized carbons (Fsp3) is 0.0690. The van der Waals surface area contributed by atoms with Crippen molar-refractivity contribution in [3.05, 3.63) is 103 Å². The Morgan fingerprint density at radius 1 is 0.636 bits per heavy atom. The summed E-state index contributed by atoms with van der Waals surface area (Å²) >= 11 is 0. The molecule has 0 aliphatic carbocycles. The maximum atomic E-state index is 12.3. The molecule has 4 heteroatoms. The molecular weight excluding hydrogens is 423 g/mol. The minimum atomic E-state index is -2.23. The van der Waals surface area contributed by atoms with Gasteiger partial charge in [0.15, 0.2) is 0 Å². The molecule has 160 valence electrons. The smallest absolute Gasteiger partial charge is 0.138 e. The van der Waals surface area contributed by atoms with Crippen molar-refractivity contribution in [1.82, 2.24) is 9.38 Å². The predicted molar refractivity (Wildman–Crippen MR) is 140 cm³/mol. The van der Waals surface area contributed by atoms with Crippen molar-refractivity contribution >= 4 is 40.0 Å². The summed E-state index contributed by atoms with van der Waals surface area (Å²) < 4.78 is 14.5. The Hall–Kier alpha value is -3.68. The lowest BCUT2D eigenvalue weighted by Crippen LogP contribution is -2.01. The molecule has 4 aromatic carbocycles. The average molecular weight is 446 g/mol. The predicted octanol–water partition coefficient (Wildman–Crippen LogP) is 7.22. The average Bonchev–Trinajstić information content (AvgIpc) is 3.22. The first-order valence-electron chi connectivity index (χ1n) is 11.0. The standard InChI is InChI=1S/C29H23N2OP/c1-33(2,32)25-15-11-21(12-16-25)20-7-9-22(10-8-20)23-13-17-27-24(19-23)14-18-29-30-26-5-3-4-6-28(26)31(27)29/h3-19H,1-2H3. The van der Waals surface area contributed by atoms with Crippen LogP contribution < -0.4 is 5.30 Å². The lowest BCUT2D eigenvalue weighted by molar-refractivity contribution is 0.588. The van der Waals surface area contributed by atoms with Gasteiger partial charge < -0.3 is 4.57 Å². The molecule has 0 fully saturated rings. The summed E-state index contributed by atoms with van der Waals surface area (Å²) in [6.07, 6.45) is 0. The highest BCUT2D eigenvalue weighted by Gasteiger charge is 2.11. The van der Waals surface area contributed by atoms with Crippen LogP contribution in [-0.4, -0.2) is 22.7 Å². The normalized spacial score (nSPS) is 12.1. The molecule has 3 nitrogen and oxygen atoms in total. The lowest BCUT2D eigenvalue weighted by Gasteiger charge is -2.10. The number of pyridine rings is 1. The molecule has 0 unspecified atom stereocenters. The van der Waals surface area contributed by atoms with Gasteiger partial charge in [-0.3, -0.25) is 4.40 Å². The summed E-state index contributed by atoms with van der Waals surface area (Å²) in [4.78, 5) is 4.75. The number of hydrogen-bond donors (Lipinski definition) is 0. The lowest BCUT2D eigenvalue weighted by atomic mass is 9.99. The highest BCUT2D eigenvalue weighted by Crippen LogP contribution is 2.35. The molecular formula is C29H23N2OP. The molecule has 2 aromatic heterocycles. The van der Waals surface area contributed by atoms with Gasteiger partial charge in [0.05, 0.1) is 16.6 Å². The summed E-state index contributed by atoms with van der Waals surface area (Å²) in [6.45, 7) is 3.61. The Morgan fingerprint density at radius 2 is 1.24 bits per heavy atom. The van der Waals surface area contributed by atoms with Gasteiger partial charge in [-0.05, 0) is 77.4 Å². The number of nitrogens with zero attached hydrogens (tertiary/aromatic N) is 2. The second kappa shape index (κ2) is 7.43. The van der Waals surface area contributed by atoms with Crippen LogP contribution in [0.1, 0.15) is 0 Å². The highest BCUT2D eigenvalue weighted by atomic mass is 31.2. The van der Waals surface area contributed by atoms with Crippen LogP contribution >= 0.6 is 7.14 Å². The van der Waals surface area contributed by atoms with Gasteiger partial charge in [0, 0.05) is 5.30 Å². The molecule has 0 spiro atoms. The van der Waals surface area contributed by atoms with E-state index in [-0.39, 0.29) is 0 Å². The molecule has 0 saturated heterocycles. The van der Waals surface area contributed by atoms with Crippen LogP contribution in [0, 0.1) is 0 Å². The summed E-state index contributed by atoms with van der Waals surface area (Å²) in [5, 5.41) is 2.10. The molecule has 0 bridgehead atoms. The summed E-state index contributed by atoms with van der Waals surface area (Å²) in [5.41, 5.74) is 8.92. The molecule has 0 saturated carbocycles. The fourth-order valence-electron chi connectivity index (χ4n) is 4.51. The van der Waals surface area contributed by atoms with E-state index in [0.29, 0.717) is 0 Å². The third kappa shape index (κ3) is 3.46. The van der Waals surface area contributed by atoms with Gasteiger partial charge in [-0.2, -0.15) is 0 Å². The third-order valence-electron chi connectivity index (χ3n) is 6.31. The first kappa shape index (κ1) is 20.0. The third-order valence-corrected chi connectivity index (χ3v) is 7.85.